The molecule has 1 aliphatic heterocycles. The number of carbonyl (C=O) groups is 1. The molecule has 0 unspecified atom stereocenters. The summed E-state index contributed by atoms with van der Waals surface area (Å²) in [7, 11) is -5.06. The molecule has 2 heterocycles. The van der Waals surface area contributed by atoms with Crippen LogP contribution in [0.25, 0.3) is 0 Å². The number of aliphatic hydroxyl groups excluding tert-OH is 1. The van der Waals surface area contributed by atoms with Crippen LogP contribution in [0.2, 0.25) is 5.02 Å². The zero-order valence-corrected chi connectivity index (χ0v) is 25.3. The number of imidazole rings is 1. The second-order valence-corrected chi connectivity index (χ2v) is 14.1. The lowest BCUT2D eigenvalue weighted by Gasteiger charge is -2.38. The summed E-state index contributed by atoms with van der Waals surface area (Å²) < 4.78 is 64.3. The van der Waals surface area contributed by atoms with Crippen molar-refractivity contribution in [2.24, 2.45) is 13.0 Å². The average molecular weight is 626 g/mol. The standard InChI is InChI=1S/C26H32ClN5O7S2/c1-17-12-32(18(2)15-33)26(34)21-6-5-7-22(29-40(35,36)24-14-30(3)16-28-24)25(21)39-23(17)13-31(4)41(37,38)20-10-8-19(27)9-11-20/h5-11,14,16-18,23,29,33H,12-13,15H2,1-4H3/t17-,18-,23+/m1/s1. The largest absolute Gasteiger partial charge is 0.486 e. The van der Waals surface area contributed by atoms with Crippen LogP contribution in [0.3, 0.4) is 0 Å². The lowest BCUT2D eigenvalue weighted by atomic mass is 9.99. The van der Waals surface area contributed by atoms with Gasteiger partial charge in [0.15, 0.2) is 10.8 Å². The van der Waals surface area contributed by atoms with E-state index in [0.717, 1.165) is 4.31 Å². The Morgan fingerprint density at radius 1 is 1.20 bits per heavy atom. The SMILES string of the molecule is C[C@@H]1CN([C@H](C)CO)C(=O)c2cccc(NS(=O)(=O)c3cn(C)cn3)c2O[C@H]1CN(C)S(=O)(=O)c1ccc(Cl)cc1. The number of likely N-dealkylation sites (N-methyl/N-ethyl adjacent to an activating group) is 1. The second-order valence-electron chi connectivity index (χ2n) is 10.0. The molecule has 0 aliphatic carbocycles. The predicted octanol–water partition coefficient (Wildman–Crippen LogP) is 2.42. The molecule has 4 rings (SSSR count). The number of hydrogen-bond donors (Lipinski definition) is 2. The Labute approximate surface area is 244 Å². The fraction of sp³-hybridized carbons (Fsp3) is 0.385. The van der Waals surface area contributed by atoms with Gasteiger partial charge < -0.3 is 19.3 Å². The number of anilines is 1. The number of nitrogens with one attached hydrogen (secondary N) is 1. The number of hydrogen-bond acceptors (Lipinski definition) is 8. The van der Waals surface area contributed by atoms with E-state index in [1.54, 1.807) is 20.9 Å². The van der Waals surface area contributed by atoms with Crippen molar-refractivity contribution in [3.8, 4) is 5.75 Å². The molecular formula is C26H32ClN5O7S2. The molecular weight excluding hydrogens is 594 g/mol. The second kappa shape index (κ2) is 12.0. The van der Waals surface area contributed by atoms with Crippen molar-refractivity contribution in [2.45, 2.75) is 35.9 Å². The van der Waals surface area contributed by atoms with E-state index in [9.17, 15) is 26.7 Å². The summed E-state index contributed by atoms with van der Waals surface area (Å²) in [5.74, 6) is -0.946. The number of para-hydroxylation sites is 1. The summed E-state index contributed by atoms with van der Waals surface area (Å²) in [4.78, 5) is 19.1. The first-order valence-corrected chi connectivity index (χ1v) is 16.0. The van der Waals surface area contributed by atoms with Gasteiger partial charge in [0.25, 0.3) is 15.9 Å². The van der Waals surface area contributed by atoms with Crippen LogP contribution in [0.1, 0.15) is 24.2 Å². The quantitative estimate of drug-likeness (QED) is 0.368. The van der Waals surface area contributed by atoms with E-state index in [0.29, 0.717) is 5.02 Å². The third kappa shape index (κ3) is 6.51. The number of ether oxygens (including phenoxy) is 1. The van der Waals surface area contributed by atoms with Gasteiger partial charge >= 0.3 is 0 Å². The maximum Gasteiger partial charge on any atom is 0.281 e. The highest BCUT2D eigenvalue weighted by Gasteiger charge is 2.36. The normalized spacial score (nSPS) is 18.8. The Hall–Kier alpha value is -3.17. The molecule has 0 spiro atoms. The van der Waals surface area contributed by atoms with Crippen molar-refractivity contribution >= 4 is 43.2 Å². The predicted molar refractivity (Wildman–Crippen MR) is 153 cm³/mol. The number of amides is 1. The van der Waals surface area contributed by atoms with E-state index in [-0.39, 0.29) is 46.6 Å². The maximum atomic E-state index is 13.7. The van der Waals surface area contributed by atoms with Crippen LogP contribution < -0.4 is 9.46 Å². The third-order valence-electron chi connectivity index (χ3n) is 6.85. The van der Waals surface area contributed by atoms with Crippen molar-refractivity contribution in [2.75, 3.05) is 31.5 Å². The van der Waals surface area contributed by atoms with Gasteiger partial charge in [-0.1, -0.05) is 24.6 Å². The van der Waals surface area contributed by atoms with Gasteiger partial charge in [-0.05, 0) is 43.3 Å². The Balaban J connectivity index is 1.76. The summed E-state index contributed by atoms with van der Waals surface area (Å²) in [6, 6.07) is 9.65. The highest BCUT2D eigenvalue weighted by molar-refractivity contribution is 7.92. The Morgan fingerprint density at radius 2 is 1.88 bits per heavy atom. The lowest BCUT2D eigenvalue weighted by Crippen LogP contribution is -2.50. The average Bonchev–Trinajstić information content (AvgIpc) is 3.38. The zero-order valence-electron chi connectivity index (χ0n) is 22.9. The third-order valence-corrected chi connectivity index (χ3v) is 10.2. The van der Waals surface area contributed by atoms with Gasteiger partial charge in [0.2, 0.25) is 10.0 Å². The van der Waals surface area contributed by atoms with Gasteiger partial charge in [0.05, 0.1) is 41.7 Å². The number of fused-ring (bicyclic) bond motifs is 1. The molecule has 222 valence electrons. The summed E-state index contributed by atoms with van der Waals surface area (Å²) in [5, 5.41) is 10.0. The van der Waals surface area contributed by atoms with Crippen LogP contribution in [0.4, 0.5) is 5.69 Å². The number of rotatable bonds is 9. The first kappa shape index (κ1) is 30.8. The van der Waals surface area contributed by atoms with Crippen molar-refractivity contribution in [3.05, 3.63) is 65.6 Å². The molecule has 0 fully saturated rings. The topological polar surface area (TPSA) is 151 Å². The van der Waals surface area contributed by atoms with Gasteiger partial charge in [0.1, 0.15) is 6.10 Å². The molecule has 2 N–H and O–H groups in total. The first-order valence-electron chi connectivity index (χ1n) is 12.7. The van der Waals surface area contributed by atoms with Crippen LogP contribution in [-0.2, 0) is 27.1 Å². The molecule has 41 heavy (non-hydrogen) atoms. The van der Waals surface area contributed by atoms with E-state index in [1.807, 2.05) is 0 Å². The van der Waals surface area contributed by atoms with Crippen LogP contribution in [0.5, 0.6) is 5.75 Å². The first-order chi connectivity index (χ1) is 19.2. The highest BCUT2D eigenvalue weighted by atomic mass is 35.5. The lowest BCUT2D eigenvalue weighted by molar-refractivity contribution is 0.0389. The van der Waals surface area contributed by atoms with Gasteiger partial charge in [0, 0.05) is 37.8 Å². The molecule has 0 radical (unpaired) electrons. The molecule has 12 nitrogen and oxygen atoms in total. The van der Waals surface area contributed by atoms with Gasteiger partial charge in [-0.2, -0.15) is 12.7 Å². The number of halogens is 1. The number of carbonyl (C=O) groups excluding carboxylic acids is 1. The van der Waals surface area contributed by atoms with Crippen molar-refractivity contribution in [3.63, 3.8) is 0 Å². The van der Waals surface area contributed by atoms with E-state index in [4.69, 9.17) is 16.3 Å². The number of aromatic nitrogens is 2. The van der Waals surface area contributed by atoms with E-state index < -0.39 is 44.0 Å². The molecule has 0 bridgehead atoms. The van der Waals surface area contributed by atoms with Gasteiger partial charge in [-0.3, -0.25) is 9.52 Å². The highest BCUT2D eigenvalue weighted by Crippen LogP contribution is 2.36. The van der Waals surface area contributed by atoms with E-state index >= 15 is 0 Å². The van der Waals surface area contributed by atoms with Crippen molar-refractivity contribution < 1.29 is 31.5 Å². The molecule has 0 saturated heterocycles. The minimum absolute atomic E-state index is 0.0135. The van der Waals surface area contributed by atoms with Crippen LogP contribution in [0, 0.1) is 5.92 Å². The summed E-state index contributed by atoms with van der Waals surface area (Å²) in [6.45, 7) is 3.21. The van der Waals surface area contributed by atoms with Crippen LogP contribution in [0.15, 0.2) is 64.9 Å². The fourth-order valence-electron chi connectivity index (χ4n) is 4.40. The zero-order chi connectivity index (χ0) is 30.1. The van der Waals surface area contributed by atoms with E-state index in [2.05, 4.69) is 9.71 Å². The van der Waals surface area contributed by atoms with Crippen molar-refractivity contribution in [1.82, 2.24) is 18.8 Å². The smallest absolute Gasteiger partial charge is 0.281 e. The summed E-state index contributed by atoms with van der Waals surface area (Å²) in [5.41, 5.74) is 0.0482. The van der Waals surface area contributed by atoms with Crippen LogP contribution >= 0.6 is 11.6 Å². The van der Waals surface area contributed by atoms with Crippen molar-refractivity contribution in [1.29, 1.82) is 0 Å². The minimum Gasteiger partial charge on any atom is -0.486 e. The molecule has 1 aliphatic rings. The molecule has 3 aromatic rings. The fourth-order valence-corrected chi connectivity index (χ4v) is 6.76. The summed E-state index contributed by atoms with van der Waals surface area (Å²) >= 11 is 5.93. The molecule has 1 aromatic heterocycles. The number of sulfonamides is 2. The molecule has 3 atom stereocenters. The number of aryl methyl sites for hydroxylation is 1. The molecule has 1 amide bonds. The number of benzene rings is 2. The molecule has 2 aromatic carbocycles. The number of aliphatic hydroxyl groups is 1. The maximum absolute atomic E-state index is 13.7. The number of nitrogens with zero attached hydrogens (tertiary/aromatic N) is 4. The van der Waals surface area contributed by atoms with E-state index in [1.165, 1.54) is 71.5 Å². The van der Waals surface area contributed by atoms with Gasteiger partial charge in [-0.25, -0.2) is 13.4 Å². The molecule has 15 heteroatoms. The Bertz CT molecular complexity index is 1630. The minimum atomic E-state index is -4.16. The monoisotopic (exact) mass is 625 g/mol. The molecule has 0 saturated carbocycles. The Morgan fingerprint density at radius 3 is 2.49 bits per heavy atom. The Kier molecular flexibility index (Phi) is 8.99. The van der Waals surface area contributed by atoms with Crippen LogP contribution in [-0.4, -0.2) is 85.5 Å². The summed E-state index contributed by atoms with van der Waals surface area (Å²) in [6.07, 6.45) is 1.85. The van der Waals surface area contributed by atoms with Gasteiger partial charge in [-0.15, -0.1) is 0 Å².